The average Bonchev–Trinajstić information content (AvgIpc) is 2.47. The van der Waals surface area contributed by atoms with Gasteiger partial charge in [0.15, 0.2) is 0 Å². The van der Waals surface area contributed by atoms with Crippen LogP contribution in [0.1, 0.15) is 41.4 Å². The van der Waals surface area contributed by atoms with Crippen LogP contribution in [0.25, 0.3) is 0 Å². The molecule has 21 heavy (non-hydrogen) atoms. The van der Waals surface area contributed by atoms with Gasteiger partial charge in [0.25, 0.3) is 5.91 Å². The molecule has 1 unspecified atom stereocenters. The molecular formula is C17H19FN2O. The Bertz CT molecular complexity index is 638. The van der Waals surface area contributed by atoms with Gasteiger partial charge in [-0.05, 0) is 42.7 Å². The highest BCUT2D eigenvalue weighted by molar-refractivity contribution is 5.95. The molecule has 1 atom stereocenters. The summed E-state index contributed by atoms with van der Waals surface area (Å²) >= 11 is 0. The third-order valence-electron chi connectivity index (χ3n) is 3.47. The van der Waals surface area contributed by atoms with E-state index < -0.39 is 11.7 Å². The number of carbonyl (C=O) groups is 1. The molecule has 2 aromatic carbocycles. The SMILES string of the molecule is CCc1ccc(C(C)NC(=O)c2ccc(N)cc2F)cc1. The van der Waals surface area contributed by atoms with Crippen LogP contribution in [0.2, 0.25) is 0 Å². The second-order valence-electron chi connectivity index (χ2n) is 5.03. The van der Waals surface area contributed by atoms with Crippen molar-refractivity contribution >= 4 is 11.6 Å². The van der Waals surface area contributed by atoms with Crippen LogP contribution in [0.5, 0.6) is 0 Å². The van der Waals surface area contributed by atoms with Crippen LogP contribution in [0.15, 0.2) is 42.5 Å². The maximum absolute atomic E-state index is 13.7. The van der Waals surface area contributed by atoms with Crippen molar-refractivity contribution in [1.82, 2.24) is 5.32 Å². The normalized spacial score (nSPS) is 12.0. The Morgan fingerprint density at radius 1 is 1.24 bits per heavy atom. The van der Waals surface area contributed by atoms with Crippen LogP contribution in [-0.2, 0) is 6.42 Å². The predicted molar refractivity (Wildman–Crippen MR) is 82.5 cm³/mol. The molecule has 0 fully saturated rings. The monoisotopic (exact) mass is 286 g/mol. The maximum atomic E-state index is 13.7. The van der Waals surface area contributed by atoms with E-state index in [1.54, 1.807) is 0 Å². The summed E-state index contributed by atoms with van der Waals surface area (Å²) in [5.41, 5.74) is 8.00. The number of nitrogens with two attached hydrogens (primary N) is 1. The van der Waals surface area contributed by atoms with E-state index in [4.69, 9.17) is 5.73 Å². The smallest absolute Gasteiger partial charge is 0.254 e. The zero-order valence-electron chi connectivity index (χ0n) is 12.2. The molecule has 0 aromatic heterocycles. The number of aryl methyl sites for hydroxylation is 1. The van der Waals surface area contributed by atoms with E-state index >= 15 is 0 Å². The lowest BCUT2D eigenvalue weighted by Crippen LogP contribution is -2.27. The summed E-state index contributed by atoms with van der Waals surface area (Å²) in [5.74, 6) is -1.06. The minimum absolute atomic E-state index is 0.00114. The minimum Gasteiger partial charge on any atom is -0.399 e. The summed E-state index contributed by atoms with van der Waals surface area (Å²) in [6.07, 6.45) is 0.970. The van der Waals surface area contributed by atoms with Crippen LogP contribution in [-0.4, -0.2) is 5.91 Å². The first kappa shape index (κ1) is 15.0. The summed E-state index contributed by atoms with van der Waals surface area (Å²) in [6, 6.07) is 11.9. The quantitative estimate of drug-likeness (QED) is 0.846. The average molecular weight is 286 g/mol. The van der Waals surface area contributed by atoms with Gasteiger partial charge in [0.2, 0.25) is 0 Å². The lowest BCUT2D eigenvalue weighted by molar-refractivity contribution is 0.0936. The number of hydrogen-bond donors (Lipinski definition) is 2. The Morgan fingerprint density at radius 3 is 2.48 bits per heavy atom. The molecule has 0 aliphatic heterocycles. The molecule has 0 radical (unpaired) electrons. The summed E-state index contributed by atoms with van der Waals surface area (Å²) in [7, 11) is 0. The molecule has 110 valence electrons. The fraction of sp³-hybridized carbons (Fsp3) is 0.235. The van der Waals surface area contributed by atoms with Crippen LogP contribution >= 0.6 is 0 Å². The number of nitrogen functional groups attached to an aromatic ring is 1. The maximum Gasteiger partial charge on any atom is 0.254 e. The minimum atomic E-state index is -0.610. The fourth-order valence-electron chi connectivity index (χ4n) is 2.12. The number of nitrogens with one attached hydrogen (secondary N) is 1. The van der Waals surface area contributed by atoms with Crippen LogP contribution in [0, 0.1) is 5.82 Å². The third-order valence-corrected chi connectivity index (χ3v) is 3.47. The summed E-state index contributed by atoms with van der Waals surface area (Å²) in [5, 5.41) is 2.79. The van der Waals surface area contributed by atoms with Crippen LogP contribution in [0.4, 0.5) is 10.1 Å². The van der Waals surface area contributed by atoms with Crippen molar-refractivity contribution in [2.75, 3.05) is 5.73 Å². The van der Waals surface area contributed by atoms with E-state index in [1.807, 2.05) is 31.2 Å². The van der Waals surface area contributed by atoms with E-state index in [0.29, 0.717) is 5.69 Å². The van der Waals surface area contributed by atoms with Crippen LogP contribution in [0.3, 0.4) is 0 Å². The van der Waals surface area contributed by atoms with E-state index in [9.17, 15) is 9.18 Å². The highest BCUT2D eigenvalue weighted by atomic mass is 19.1. The summed E-state index contributed by atoms with van der Waals surface area (Å²) < 4.78 is 13.7. The molecule has 2 aromatic rings. The number of amides is 1. The van der Waals surface area contributed by atoms with Gasteiger partial charge in [-0.25, -0.2) is 4.39 Å². The number of benzene rings is 2. The molecule has 3 N–H and O–H groups in total. The number of anilines is 1. The van der Waals surface area contributed by atoms with E-state index in [2.05, 4.69) is 12.2 Å². The zero-order chi connectivity index (χ0) is 15.4. The lowest BCUT2D eigenvalue weighted by Gasteiger charge is -2.15. The Morgan fingerprint density at radius 2 is 1.90 bits per heavy atom. The highest BCUT2D eigenvalue weighted by Crippen LogP contribution is 2.16. The number of rotatable bonds is 4. The van der Waals surface area contributed by atoms with Crippen molar-refractivity contribution in [1.29, 1.82) is 0 Å². The van der Waals surface area contributed by atoms with Crippen molar-refractivity contribution in [2.45, 2.75) is 26.3 Å². The number of carbonyl (C=O) groups excluding carboxylic acids is 1. The van der Waals surface area contributed by atoms with Crippen molar-refractivity contribution in [2.24, 2.45) is 0 Å². The number of halogens is 1. The molecule has 1 amide bonds. The van der Waals surface area contributed by atoms with Crippen molar-refractivity contribution in [3.63, 3.8) is 0 Å². The molecule has 2 rings (SSSR count). The first-order valence-electron chi connectivity index (χ1n) is 6.96. The van der Waals surface area contributed by atoms with Crippen molar-refractivity contribution in [3.05, 3.63) is 65.0 Å². The predicted octanol–water partition coefficient (Wildman–Crippen LogP) is 3.46. The number of hydrogen-bond acceptors (Lipinski definition) is 2. The molecule has 0 aliphatic rings. The van der Waals surface area contributed by atoms with Gasteiger partial charge in [0.1, 0.15) is 5.82 Å². The van der Waals surface area contributed by atoms with Gasteiger partial charge >= 0.3 is 0 Å². The van der Waals surface area contributed by atoms with Gasteiger partial charge in [-0.3, -0.25) is 4.79 Å². The first-order valence-corrected chi connectivity index (χ1v) is 6.96. The van der Waals surface area contributed by atoms with E-state index in [-0.39, 0.29) is 11.6 Å². The second kappa shape index (κ2) is 6.39. The van der Waals surface area contributed by atoms with Gasteiger partial charge in [-0.2, -0.15) is 0 Å². The van der Waals surface area contributed by atoms with Gasteiger partial charge in [0.05, 0.1) is 11.6 Å². The fourth-order valence-corrected chi connectivity index (χ4v) is 2.12. The van der Waals surface area contributed by atoms with Gasteiger partial charge < -0.3 is 11.1 Å². The molecule has 0 spiro atoms. The summed E-state index contributed by atoms with van der Waals surface area (Å²) in [6.45, 7) is 3.96. The molecule has 0 aliphatic carbocycles. The van der Waals surface area contributed by atoms with Gasteiger partial charge in [-0.15, -0.1) is 0 Å². The molecule has 0 bridgehead atoms. The molecule has 0 heterocycles. The topological polar surface area (TPSA) is 55.1 Å². The highest BCUT2D eigenvalue weighted by Gasteiger charge is 2.15. The standard InChI is InChI=1S/C17H19FN2O/c1-3-12-4-6-13(7-5-12)11(2)20-17(21)15-9-8-14(19)10-16(15)18/h4-11H,3,19H2,1-2H3,(H,20,21). The molecule has 0 saturated heterocycles. The zero-order valence-corrected chi connectivity index (χ0v) is 12.2. The third kappa shape index (κ3) is 3.60. The Balaban J connectivity index is 2.10. The summed E-state index contributed by atoms with van der Waals surface area (Å²) in [4.78, 5) is 12.1. The Kier molecular flexibility index (Phi) is 4.58. The first-order chi connectivity index (χ1) is 10.0. The molecular weight excluding hydrogens is 267 g/mol. The largest absolute Gasteiger partial charge is 0.399 e. The lowest BCUT2D eigenvalue weighted by atomic mass is 10.0. The van der Waals surface area contributed by atoms with E-state index in [0.717, 1.165) is 18.1 Å². The van der Waals surface area contributed by atoms with E-state index in [1.165, 1.54) is 17.7 Å². The van der Waals surface area contributed by atoms with Gasteiger partial charge in [0, 0.05) is 5.69 Å². The Labute approximate surface area is 124 Å². The van der Waals surface area contributed by atoms with Crippen LogP contribution < -0.4 is 11.1 Å². The van der Waals surface area contributed by atoms with Crippen molar-refractivity contribution < 1.29 is 9.18 Å². The van der Waals surface area contributed by atoms with Crippen molar-refractivity contribution in [3.8, 4) is 0 Å². The van der Waals surface area contributed by atoms with Gasteiger partial charge in [-0.1, -0.05) is 31.2 Å². The Hall–Kier alpha value is -2.36. The molecule has 3 nitrogen and oxygen atoms in total. The second-order valence-corrected chi connectivity index (χ2v) is 5.03. The molecule has 4 heteroatoms. The molecule has 0 saturated carbocycles.